The smallest absolute Gasteiger partial charge is 0.462 e. The molecule has 5 unspecified atom stereocenters. The summed E-state index contributed by atoms with van der Waals surface area (Å²) in [6, 6.07) is 0. The van der Waals surface area contributed by atoms with Gasteiger partial charge in [-0.15, -0.1) is 0 Å². The standard InChI is InChI=1S/C83H138O17P2/c1-5-9-13-17-21-25-29-32-35-37-38-40-42-45-49-52-56-60-64-68-81(86)94-74-79(100-83(88)70-66-62-58-54-50-46-43-39-36-33-30-26-22-18-14-10-6-2)76-98-102(91,92)96-72-77(84)71-95-101(89,90)97-75-78(99-82(87)69-65-61-57-53-47-28-24-20-16-12-8-4)73-93-80(85)67-63-59-55-51-48-44-41-34-31-27-23-19-15-11-7-3/h9-10,13-14,21-22,25-26,32-36,38,40-41,43,45-46,49,54,56,58,60,77-79,84H,5-8,11-12,15-20,23-24,27-31,37,39,42,44,47-48,50-53,55,57,59,61-76H2,1-4H3,(H,89,90)(H,91,92)/b13-9-,14-10-,25-21-,26-22-,35-32-,36-33-,40-38-,41-34-,46-43-,49-45-,58-54-,60-56-. The minimum atomic E-state index is -5.01. The van der Waals surface area contributed by atoms with Crippen LogP contribution in [0.3, 0.4) is 0 Å². The van der Waals surface area contributed by atoms with Crippen LogP contribution in [0.5, 0.6) is 0 Å². The number of esters is 4. The summed E-state index contributed by atoms with van der Waals surface area (Å²) in [5.74, 6) is -2.35. The summed E-state index contributed by atoms with van der Waals surface area (Å²) in [6.07, 6.45) is 84.3. The van der Waals surface area contributed by atoms with E-state index >= 15 is 0 Å². The first kappa shape index (κ1) is 96.9. The lowest BCUT2D eigenvalue weighted by Gasteiger charge is -2.21. The van der Waals surface area contributed by atoms with E-state index in [9.17, 15) is 43.2 Å². The van der Waals surface area contributed by atoms with Crippen molar-refractivity contribution in [2.24, 2.45) is 0 Å². The number of aliphatic hydroxyl groups excluding tert-OH is 1. The number of phosphoric ester groups is 2. The predicted octanol–water partition coefficient (Wildman–Crippen LogP) is 22.7. The Morgan fingerprint density at radius 1 is 0.284 bits per heavy atom. The summed E-state index contributed by atoms with van der Waals surface area (Å²) in [5, 5.41) is 10.6. The highest BCUT2D eigenvalue weighted by Gasteiger charge is 2.30. The van der Waals surface area contributed by atoms with Crippen LogP contribution in [-0.4, -0.2) is 96.7 Å². The van der Waals surface area contributed by atoms with Gasteiger partial charge in [-0.2, -0.15) is 0 Å². The third kappa shape index (κ3) is 73.3. The van der Waals surface area contributed by atoms with Gasteiger partial charge in [0.15, 0.2) is 12.2 Å². The zero-order valence-electron chi connectivity index (χ0n) is 63.5. The molecule has 0 spiro atoms. The summed E-state index contributed by atoms with van der Waals surface area (Å²) in [4.78, 5) is 72.8. The van der Waals surface area contributed by atoms with Gasteiger partial charge in [-0.1, -0.05) is 289 Å². The second kappa shape index (κ2) is 74.2. The van der Waals surface area contributed by atoms with Crippen molar-refractivity contribution in [3.8, 4) is 0 Å². The molecule has 0 radical (unpaired) electrons. The third-order valence-corrected chi connectivity index (χ3v) is 17.7. The molecule has 0 rings (SSSR count). The summed E-state index contributed by atoms with van der Waals surface area (Å²) in [6.45, 7) is 4.47. The highest BCUT2D eigenvalue weighted by atomic mass is 31.2. The maximum absolute atomic E-state index is 13.1. The molecule has 0 aromatic carbocycles. The Bertz CT molecular complexity index is 2510. The van der Waals surface area contributed by atoms with Crippen molar-refractivity contribution in [2.45, 2.75) is 316 Å². The SMILES string of the molecule is CC/C=C\C/C=C\C/C=C\C/C=C\C/C=C\C/C=C\CCC(=O)OCC(COP(=O)(O)OCC(O)COP(=O)(O)OCC(COC(=O)CCCCCCC/C=C\CCCCCCCC)OC(=O)CCCCCCCCCCCCC)OC(=O)CCC/C=C\C/C=C\C/C=C\C/C=C\C/C=C\CC. The molecule has 582 valence electrons. The lowest BCUT2D eigenvalue weighted by Crippen LogP contribution is -2.30. The number of hydrogen-bond acceptors (Lipinski definition) is 15. The summed E-state index contributed by atoms with van der Waals surface area (Å²) >= 11 is 0. The number of allylic oxidation sites excluding steroid dienone is 24. The maximum atomic E-state index is 13.1. The Morgan fingerprint density at radius 2 is 0.539 bits per heavy atom. The predicted molar refractivity (Wildman–Crippen MR) is 417 cm³/mol. The Balaban J connectivity index is 5.47. The van der Waals surface area contributed by atoms with Crippen LogP contribution >= 0.6 is 15.6 Å². The topological polar surface area (TPSA) is 237 Å². The van der Waals surface area contributed by atoms with E-state index in [2.05, 4.69) is 143 Å². The van der Waals surface area contributed by atoms with E-state index in [0.717, 1.165) is 128 Å². The summed E-state index contributed by atoms with van der Waals surface area (Å²) in [5.41, 5.74) is 0. The molecule has 0 aliphatic carbocycles. The number of hydrogen-bond donors (Lipinski definition) is 3. The highest BCUT2D eigenvalue weighted by Crippen LogP contribution is 2.45. The minimum Gasteiger partial charge on any atom is -0.462 e. The highest BCUT2D eigenvalue weighted by molar-refractivity contribution is 7.47. The minimum absolute atomic E-state index is 0.00361. The van der Waals surface area contributed by atoms with Crippen LogP contribution in [-0.2, 0) is 65.4 Å². The second-order valence-electron chi connectivity index (χ2n) is 25.5. The first-order chi connectivity index (χ1) is 49.7. The zero-order chi connectivity index (χ0) is 74.6. The van der Waals surface area contributed by atoms with Gasteiger partial charge in [-0.25, -0.2) is 9.13 Å². The molecule has 17 nitrogen and oxygen atoms in total. The van der Waals surface area contributed by atoms with Crippen LogP contribution in [0.2, 0.25) is 0 Å². The van der Waals surface area contributed by atoms with Crippen molar-refractivity contribution in [3.05, 3.63) is 146 Å². The molecule has 0 aliphatic rings. The fraction of sp³-hybridized carbons (Fsp3) is 0.663. The van der Waals surface area contributed by atoms with Gasteiger partial charge in [0.05, 0.1) is 26.4 Å². The number of aliphatic hydroxyl groups is 1. The van der Waals surface area contributed by atoms with Crippen LogP contribution in [0.25, 0.3) is 0 Å². The van der Waals surface area contributed by atoms with Crippen LogP contribution in [0.15, 0.2) is 146 Å². The number of carbonyl (C=O) groups excluding carboxylic acids is 4. The molecular weight excluding hydrogens is 1330 g/mol. The first-order valence-corrected chi connectivity index (χ1v) is 42.1. The molecule has 0 heterocycles. The van der Waals surface area contributed by atoms with Crippen molar-refractivity contribution >= 4 is 39.5 Å². The number of ether oxygens (including phenoxy) is 4. The van der Waals surface area contributed by atoms with E-state index in [4.69, 9.17) is 37.0 Å². The summed E-state index contributed by atoms with van der Waals surface area (Å²) in [7, 11) is -10.00. The van der Waals surface area contributed by atoms with Crippen LogP contribution < -0.4 is 0 Å². The Kier molecular flexibility index (Phi) is 70.5. The van der Waals surface area contributed by atoms with E-state index in [-0.39, 0.29) is 25.7 Å². The Labute approximate surface area is 617 Å². The molecule has 0 saturated heterocycles. The summed E-state index contributed by atoms with van der Waals surface area (Å²) < 4.78 is 68.4. The molecule has 0 bridgehead atoms. The van der Waals surface area contributed by atoms with Crippen molar-refractivity contribution in [3.63, 3.8) is 0 Å². The van der Waals surface area contributed by atoms with Gasteiger partial charge in [0.25, 0.3) is 0 Å². The van der Waals surface area contributed by atoms with E-state index in [1.165, 1.54) is 77.0 Å². The maximum Gasteiger partial charge on any atom is 0.472 e. The van der Waals surface area contributed by atoms with Crippen molar-refractivity contribution in [2.75, 3.05) is 39.6 Å². The van der Waals surface area contributed by atoms with Gasteiger partial charge in [-0.3, -0.25) is 37.3 Å². The number of phosphoric acid groups is 2. The van der Waals surface area contributed by atoms with E-state index in [1.807, 2.05) is 30.4 Å². The quantitative estimate of drug-likeness (QED) is 0.0169. The number of carbonyl (C=O) groups is 4. The second-order valence-corrected chi connectivity index (χ2v) is 28.4. The molecule has 0 aliphatic heterocycles. The Morgan fingerprint density at radius 3 is 0.892 bits per heavy atom. The lowest BCUT2D eigenvalue weighted by atomic mass is 10.1. The lowest BCUT2D eigenvalue weighted by molar-refractivity contribution is -0.161. The zero-order valence-corrected chi connectivity index (χ0v) is 65.3. The van der Waals surface area contributed by atoms with Crippen molar-refractivity contribution in [1.82, 2.24) is 0 Å². The molecule has 3 N–H and O–H groups in total. The normalized spacial score (nSPS) is 14.7. The average Bonchev–Trinajstić information content (AvgIpc) is 0.921. The van der Waals surface area contributed by atoms with Gasteiger partial charge in [0, 0.05) is 25.7 Å². The Hall–Kier alpha value is -5.06. The monoisotopic (exact) mass is 1470 g/mol. The molecule has 0 saturated carbocycles. The number of unbranched alkanes of at least 4 members (excludes halogenated alkanes) is 22. The van der Waals surface area contributed by atoms with E-state index in [0.29, 0.717) is 38.5 Å². The fourth-order valence-electron chi connectivity index (χ4n) is 9.92. The molecule has 0 amide bonds. The van der Waals surface area contributed by atoms with Gasteiger partial charge in [0.2, 0.25) is 0 Å². The van der Waals surface area contributed by atoms with Gasteiger partial charge < -0.3 is 33.8 Å². The molecule has 5 atom stereocenters. The largest absolute Gasteiger partial charge is 0.472 e. The average molecular weight is 1470 g/mol. The van der Waals surface area contributed by atoms with E-state index in [1.54, 1.807) is 0 Å². The third-order valence-electron chi connectivity index (χ3n) is 15.8. The molecule has 102 heavy (non-hydrogen) atoms. The van der Waals surface area contributed by atoms with Crippen LogP contribution in [0.4, 0.5) is 0 Å². The number of rotatable bonds is 72. The molecular formula is C83H138O17P2. The van der Waals surface area contributed by atoms with Gasteiger partial charge >= 0.3 is 39.5 Å². The van der Waals surface area contributed by atoms with Crippen molar-refractivity contribution < 1.29 is 80.2 Å². The molecule has 0 fully saturated rings. The van der Waals surface area contributed by atoms with E-state index < -0.39 is 97.5 Å². The molecule has 19 heteroatoms. The van der Waals surface area contributed by atoms with Crippen LogP contribution in [0, 0.1) is 0 Å². The van der Waals surface area contributed by atoms with Gasteiger partial charge in [0.1, 0.15) is 19.3 Å². The first-order valence-electron chi connectivity index (χ1n) is 39.1. The van der Waals surface area contributed by atoms with Crippen LogP contribution in [0.1, 0.15) is 297 Å². The fourth-order valence-corrected chi connectivity index (χ4v) is 11.5. The van der Waals surface area contributed by atoms with Gasteiger partial charge in [-0.05, 0) is 128 Å². The molecule has 0 aromatic heterocycles. The molecule has 0 aromatic rings. The van der Waals surface area contributed by atoms with Crippen molar-refractivity contribution in [1.29, 1.82) is 0 Å².